The number of hydrogen-bond acceptors (Lipinski definition) is 5. The largest absolute Gasteiger partial charge is 0.472 e. The Bertz CT molecular complexity index is 713. The molecule has 0 fully saturated rings. The van der Waals surface area contributed by atoms with Crippen molar-refractivity contribution >= 4 is 35.5 Å². The van der Waals surface area contributed by atoms with Crippen LogP contribution in [0.2, 0.25) is 0 Å². The normalized spacial score (nSPS) is 17.1. The molecule has 1 atom stereocenters. The molecule has 1 aliphatic rings. The van der Waals surface area contributed by atoms with Gasteiger partial charge in [-0.2, -0.15) is 5.10 Å². The number of anilines is 1. The van der Waals surface area contributed by atoms with Crippen molar-refractivity contribution in [2.75, 3.05) is 5.32 Å². The number of hydrogen-bond donors (Lipinski definition) is 2. The second-order valence-electron chi connectivity index (χ2n) is 4.65. The molecule has 0 saturated heterocycles. The summed E-state index contributed by atoms with van der Waals surface area (Å²) in [5, 5.41) is 6.17. The summed E-state index contributed by atoms with van der Waals surface area (Å²) < 4.78 is 4.88. The first-order valence-electron chi connectivity index (χ1n) is 6.63. The number of furan rings is 1. The van der Waals surface area contributed by atoms with E-state index in [1.54, 1.807) is 6.07 Å². The molecule has 112 valence electrons. The maximum atomic E-state index is 12.0. The molecule has 0 aliphatic carbocycles. The van der Waals surface area contributed by atoms with Crippen LogP contribution in [0.1, 0.15) is 12.0 Å². The van der Waals surface area contributed by atoms with E-state index in [0.29, 0.717) is 0 Å². The zero-order valence-corrected chi connectivity index (χ0v) is 12.3. The molecule has 0 radical (unpaired) electrons. The monoisotopic (exact) mass is 315 g/mol. The van der Waals surface area contributed by atoms with Gasteiger partial charge in [0.05, 0.1) is 29.7 Å². The van der Waals surface area contributed by atoms with E-state index in [9.17, 15) is 9.59 Å². The van der Waals surface area contributed by atoms with Crippen LogP contribution in [-0.4, -0.2) is 23.3 Å². The molecular weight excluding hydrogens is 302 g/mol. The predicted molar refractivity (Wildman–Crippen MR) is 83.8 cm³/mol. The van der Waals surface area contributed by atoms with Crippen molar-refractivity contribution in [1.29, 1.82) is 0 Å². The van der Waals surface area contributed by atoms with Crippen LogP contribution in [0.15, 0.2) is 57.3 Å². The van der Waals surface area contributed by atoms with Gasteiger partial charge in [-0.1, -0.05) is 12.1 Å². The minimum atomic E-state index is -0.459. The number of carbonyl (C=O) groups excluding carboxylic acids is 2. The summed E-state index contributed by atoms with van der Waals surface area (Å²) in [5.74, 6) is -0.482. The van der Waals surface area contributed by atoms with Crippen LogP contribution in [0.3, 0.4) is 0 Å². The molecule has 2 N–H and O–H groups in total. The van der Waals surface area contributed by atoms with Gasteiger partial charge in [0.25, 0.3) is 0 Å². The Balaban J connectivity index is 1.57. The third kappa shape index (κ3) is 3.37. The quantitative estimate of drug-likeness (QED) is 0.669. The molecule has 3 rings (SSSR count). The van der Waals surface area contributed by atoms with Gasteiger partial charge < -0.3 is 9.73 Å². The van der Waals surface area contributed by atoms with Crippen LogP contribution in [-0.2, 0) is 9.59 Å². The summed E-state index contributed by atoms with van der Waals surface area (Å²) in [6.07, 6.45) is 4.57. The highest BCUT2D eigenvalue weighted by Crippen LogP contribution is 2.36. The van der Waals surface area contributed by atoms with Crippen molar-refractivity contribution in [3.8, 4) is 0 Å². The van der Waals surface area contributed by atoms with Crippen LogP contribution in [0.4, 0.5) is 5.69 Å². The smallest absolute Gasteiger partial charge is 0.241 e. The molecule has 7 heteroatoms. The van der Waals surface area contributed by atoms with Crippen LogP contribution in [0.25, 0.3) is 0 Å². The first-order valence-corrected chi connectivity index (χ1v) is 7.51. The predicted octanol–water partition coefficient (Wildman–Crippen LogP) is 2.23. The lowest BCUT2D eigenvalue weighted by Crippen LogP contribution is -2.33. The fourth-order valence-electron chi connectivity index (χ4n) is 1.97. The number of rotatable bonds is 4. The van der Waals surface area contributed by atoms with Crippen molar-refractivity contribution in [2.24, 2.45) is 5.10 Å². The Morgan fingerprint density at radius 2 is 2.27 bits per heavy atom. The van der Waals surface area contributed by atoms with E-state index in [2.05, 4.69) is 15.8 Å². The fourth-order valence-corrected chi connectivity index (χ4v) is 3.08. The van der Waals surface area contributed by atoms with Gasteiger partial charge in [0, 0.05) is 16.9 Å². The van der Waals surface area contributed by atoms with Crippen molar-refractivity contribution < 1.29 is 14.0 Å². The van der Waals surface area contributed by atoms with Gasteiger partial charge >= 0.3 is 0 Å². The lowest BCUT2D eigenvalue weighted by Gasteiger charge is -2.23. The number of benzene rings is 1. The standard InChI is InChI=1S/C15H13N3O3S/c19-14(18-16-8-10-5-6-21-9-10)7-13-15(20)17-11-3-1-2-4-12(11)22-13/h1-6,8-9,13H,7H2,(H,17,20)(H,18,19)/b16-8-/t13-/m1/s1. The fraction of sp³-hybridized carbons (Fsp3) is 0.133. The summed E-state index contributed by atoms with van der Waals surface area (Å²) in [4.78, 5) is 24.8. The summed E-state index contributed by atoms with van der Waals surface area (Å²) in [5.41, 5.74) is 3.94. The molecule has 6 nitrogen and oxygen atoms in total. The zero-order valence-electron chi connectivity index (χ0n) is 11.5. The highest BCUT2D eigenvalue weighted by atomic mass is 32.2. The van der Waals surface area contributed by atoms with Gasteiger partial charge in [0.2, 0.25) is 11.8 Å². The SMILES string of the molecule is O=C(C[C@H]1Sc2ccccc2NC1=O)N/N=C\c1ccoc1. The zero-order chi connectivity index (χ0) is 15.4. The summed E-state index contributed by atoms with van der Waals surface area (Å²) in [6, 6.07) is 9.23. The maximum absolute atomic E-state index is 12.0. The number of carbonyl (C=O) groups is 2. The first kappa shape index (κ1) is 14.4. The molecular formula is C15H13N3O3S. The molecule has 1 aromatic heterocycles. The number of nitrogens with zero attached hydrogens (tertiary/aromatic N) is 1. The van der Waals surface area contributed by atoms with E-state index in [-0.39, 0.29) is 18.2 Å². The second kappa shape index (κ2) is 6.48. The van der Waals surface area contributed by atoms with Crippen LogP contribution >= 0.6 is 11.8 Å². The second-order valence-corrected chi connectivity index (χ2v) is 5.89. The average molecular weight is 315 g/mol. The Kier molecular flexibility index (Phi) is 4.24. The van der Waals surface area contributed by atoms with E-state index in [0.717, 1.165) is 16.1 Å². The Morgan fingerprint density at radius 1 is 1.41 bits per heavy atom. The van der Waals surface area contributed by atoms with E-state index < -0.39 is 5.25 Å². The Hall–Kier alpha value is -2.54. The molecule has 1 aliphatic heterocycles. The average Bonchev–Trinajstić information content (AvgIpc) is 3.01. The topological polar surface area (TPSA) is 83.7 Å². The van der Waals surface area contributed by atoms with Crippen LogP contribution in [0, 0.1) is 0 Å². The van der Waals surface area contributed by atoms with E-state index >= 15 is 0 Å². The molecule has 1 aromatic carbocycles. The molecule has 0 spiro atoms. The van der Waals surface area contributed by atoms with Crippen molar-refractivity contribution in [2.45, 2.75) is 16.6 Å². The highest BCUT2D eigenvalue weighted by molar-refractivity contribution is 8.01. The van der Waals surface area contributed by atoms with Crippen LogP contribution < -0.4 is 10.7 Å². The van der Waals surface area contributed by atoms with E-state index in [1.807, 2.05) is 24.3 Å². The van der Waals surface area contributed by atoms with Crippen molar-refractivity contribution in [1.82, 2.24) is 5.43 Å². The molecule has 2 aromatic rings. The van der Waals surface area contributed by atoms with Crippen LogP contribution in [0.5, 0.6) is 0 Å². The molecule has 0 bridgehead atoms. The van der Waals surface area contributed by atoms with Crippen molar-refractivity contribution in [3.63, 3.8) is 0 Å². The summed E-state index contributed by atoms with van der Waals surface area (Å²) >= 11 is 1.38. The third-order valence-electron chi connectivity index (χ3n) is 3.02. The van der Waals surface area contributed by atoms with Gasteiger partial charge in [-0.05, 0) is 18.2 Å². The number of thioether (sulfide) groups is 1. The minimum absolute atomic E-state index is 0.0631. The highest BCUT2D eigenvalue weighted by Gasteiger charge is 2.28. The molecule has 2 heterocycles. The molecule has 0 saturated carbocycles. The Morgan fingerprint density at radius 3 is 3.09 bits per heavy atom. The lowest BCUT2D eigenvalue weighted by atomic mass is 10.2. The number of para-hydroxylation sites is 1. The maximum Gasteiger partial charge on any atom is 0.241 e. The van der Waals surface area contributed by atoms with Gasteiger partial charge in [0.1, 0.15) is 0 Å². The van der Waals surface area contributed by atoms with E-state index in [1.165, 1.54) is 30.5 Å². The number of nitrogens with one attached hydrogen (secondary N) is 2. The lowest BCUT2D eigenvalue weighted by molar-refractivity contribution is -0.124. The number of amides is 2. The van der Waals surface area contributed by atoms with Gasteiger partial charge in [-0.3, -0.25) is 9.59 Å². The van der Waals surface area contributed by atoms with Gasteiger partial charge in [-0.25, -0.2) is 5.43 Å². The number of fused-ring (bicyclic) bond motifs is 1. The number of hydrazone groups is 1. The molecule has 22 heavy (non-hydrogen) atoms. The van der Waals surface area contributed by atoms with Crippen molar-refractivity contribution in [3.05, 3.63) is 48.4 Å². The van der Waals surface area contributed by atoms with Gasteiger partial charge in [-0.15, -0.1) is 11.8 Å². The molecule has 0 unspecified atom stereocenters. The summed E-state index contributed by atoms with van der Waals surface area (Å²) in [7, 11) is 0. The summed E-state index contributed by atoms with van der Waals surface area (Å²) in [6.45, 7) is 0. The van der Waals surface area contributed by atoms with Gasteiger partial charge in [0.15, 0.2) is 0 Å². The first-order chi connectivity index (χ1) is 10.7. The molecule has 2 amide bonds. The Labute approximate surface area is 131 Å². The van der Waals surface area contributed by atoms with E-state index in [4.69, 9.17) is 4.42 Å². The third-order valence-corrected chi connectivity index (χ3v) is 4.30. The minimum Gasteiger partial charge on any atom is -0.472 e.